The molecule has 0 aliphatic heterocycles. The average Bonchev–Trinajstić information content (AvgIpc) is 3.03. The molecule has 236 valence electrons. The van der Waals surface area contributed by atoms with Crippen molar-refractivity contribution in [2.24, 2.45) is 0 Å². The number of hydrogen-bond donors (Lipinski definition) is 1. The Balaban J connectivity index is 1.82. The largest absolute Gasteiger partial charge is 0.497 e. The van der Waals surface area contributed by atoms with Crippen LogP contribution >= 0.6 is 23.2 Å². The summed E-state index contributed by atoms with van der Waals surface area (Å²) in [5.74, 6) is -0.552. The number of amides is 2. The van der Waals surface area contributed by atoms with Crippen LogP contribution in [0.25, 0.3) is 0 Å². The van der Waals surface area contributed by atoms with Gasteiger partial charge < -0.3 is 15.0 Å². The average molecular weight is 669 g/mol. The van der Waals surface area contributed by atoms with Gasteiger partial charge in [-0.1, -0.05) is 83.9 Å². The summed E-state index contributed by atoms with van der Waals surface area (Å²) >= 11 is 12.5. The van der Waals surface area contributed by atoms with E-state index in [2.05, 4.69) is 5.32 Å². The summed E-state index contributed by atoms with van der Waals surface area (Å²) in [5, 5.41) is 3.56. The van der Waals surface area contributed by atoms with Gasteiger partial charge in [0.25, 0.3) is 10.0 Å². The lowest BCUT2D eigenvalue weighted by molar-refractivity contribution is -0.140. The van der Waals surface area contributed by atoms with Gasteiger partial charge in [-0.2, -0.15) is 0 Å². The molecule has 0 bridgehead atoms. The van der Waals surface area contributed by atoms with Gasteiger partial charge in [0.2, 0.25) is 11.8 Å². The molecule has 0 saturated heterocycles. The molecule has 1 N–H and O–H groups in total. The first-order valence-electron chi connectivity index (χ1n) is 14.3. The molecule has 8 nitrogen and oxygen atoms in total. The predicted molar refractivity (Wildman–Crippen MR) is 178 cm³/mol. The highest BCUT2D eigenvalue weighted by atomic mass is 35.5. The Morgan fingerprint density at radius 3 is 2.11 bits per heavy atom. The minimum absolute atomic E-state index is 0.00930. The van der Waals surface area contributed by atoms with Gasteiger partial charge in [0.1, 0.15) is 18.3 Å². The van der Waals surface area contributed by atoms with Crippen molar-refractivity contribution in [2.45, 2.75) is 43.8 Å². The fraction of sp³-hybridized carbons (Fsp3) is 0.235. The molecule has 0 fully saturated rings. The van der Waals surface area contributed by atoms with Crippen molar-refractivity contribution in [3.8, 4) is 5.75 Å². The van der Waals surface area contributed by atoms with Crippen LogP contribution in [0, 0.1) is 0 Å². The number of carbonyl (C=O) groups excluding carboxylic acids is 2. The zero-order valence-corrected chi connectivity index (χ0v) is 27.5. The number of anilines is 1. The van der Waals surface area contributed by atoms with Gasteiger partial charge in [-0.25, -0.2) is 8.42 Å². The molecule has 4 aromatic rings. The Morgan fingerprint density at radius 1 is 0.822 bits per heavy atom. The van der Waals surface area contributed by atoms with Gasteiger partial charge in [0.05, 0.1) is 27.7 Å². The Labute approximate surface area is 274 Å². The quantitative estimate of drug-likeness (QED) is 0.179. The Kier molecular flexibility index (Phi) is 11.5. The summed E-state index contributed by atoms with van der Waals surface area (Å²) in [6.07, 6.45) is 0.192. The first-order valence-corrected chi connectivity index (χ1v) is 16.5. The number of methoxy groups -OCH3 is 1. The minimum Gasteiger partial charge on any atom is -0.497 e. The molecule has 1 atom stereocenters. The number of ether oxygens (including phenoxy) is 1. The number of benzene rings is 4. The van der Waals surface area contributed by atoms with Crippen molar-refractivity contribution in [2.75, 3.05) is 18.0 Å². The zero-order chi connectivity index (χ0) is 32.6. The van der Waals surface area contributed by atoms with Gasteiger partial charge in [-0.05, 0) is 61.4 Å². The van der Waals surface area contributed by atoms with E-state index in [-0.39, 0.29) is 40.5 Å². The summed E-state index contributed by atoms with van der Waals surface area (Å²) < 4.78 is 34.5. The van der Waals surface area contributed by atoms with Gasteiger partial charge in [-0.3, -0.25) is 13.9 Å². The smallest absolute Gasteiger partial charge is 0.264 e. The fourth-order valence-electron chi connectivity index (χ4n) is 4.78. The van der Waals surface area contributed by atoms with Crippen LogP contribution < -0.4 is 14.4 Å². The maximum absolute atomic E-state index is 14.5. The van der Waals surface area contributed by atoms with E-state index in [0.717, 1.165) is 9.87 Å². The molecule has 0 unspecified atom stereocenters. The molecule has 0 spiro atoms. The van der Waals surface area contributed by atoms with Crippen molar-refractivity contribution < 1.29 is 22.7 Å². The molecule has 4 rings (SSSR count). The second kappa shape index (κ2) is 15.3. The number of nitrogens with one attached hydrogen (secondary N) is 1. The summed E-state index contributed by atoms with van der Waals surface area (Å²) in [7, 11) is -2.75. The van der Waals surface area contributed by atoms with Crippen LogP contribution in [0.5, 0.6) is 5.75 Å². The number of rotatable bonds is 13. The van der Waals surface area contributed by atoms with E-state index < -0.39 is 28.5 Å². The molecule has 0 aromatic heterocycles. The molecular weight excluding hydrogens is 633 g/mol. The molecule has 2 amide bonds. The van der Waals surface area contributed by atoms with Crippen LogP contribution in [-0.4, -0.2) is 50.9 Å². The maximum Gasteiger partial charge on any atom is 0.264 e. The number of nitrogens with zero attached hydrogens (tertiary/aromatic N) is 2. The Morgan fingerprint density at radius 2 is 1.49 bits per heavy atom. The maximum atomic E-state index is 14.5. The topological polar surface area (TPSA) is 96.0 Å². The summed E-state index contributed by atoms with van der Waals surface area (Å²) in [4.78, 5) is 29.7. The SMILES string of the molecule is COc1cccc(N(CC(=O)N(Cc2ccc(Cl)c(Cl)c2)[C@H](Cc2ccccc2)C(=O)NC(C)C)S(=O)(=O)c2ccccc2)c1. The molecule has 0 heterocycles. The van der Waals surface area contributed by atoms with Gasteiger partial charge in [0, 0.05) is 25.1 Å². The third kappa shape index (κ3) is 8.78. The normalized spacial score (nSPS) is 12.0. The highest BCUT2D eigenvalue weighted by Gasteiger charge is 2.35. The van der Waals surface area contributed by atoms with Crippen LogP contribution in [0.1, 0.15) is 25.0 Å². The third-order valence-electron chi connectivity index (χ3n) is 6.99. The van der Waals surface area contributed by atoms with Gasteiger partial charge >= 0.3 is 0 Å². The molecule has 4 aromatic carbocycles. The van der Waals surface area contributed by atoms with Crippen LogP contribution in [0.15, 0.2) is 108 Å². The second-order valence-electron chi connectivity index (χ2n) is 10.7. The molecule has 45 heavy (non-hydrogen) atoms. The molecule has 11 heteroatoms. The lowest BCUT2D eigenvalue weighted by Crippen LogP contribution is -2.54. The predicted octanol–water partition coefficient (Wildman–Crippen LogP) is 6.36. The molecule has 0 saturated carbocycles. The monoisotopic (exact) mass is 667 g/mol. The lowest BCUT2D eigenvalue weighted by atomic mass is 10.0. The standard InChI is InChI=1S/C34H35Cl2N3O5S/c1-24(2)37-34(41)32(20-25-11-6-4-7-12-25)38(22-26-17-18-30(35)31(36)19-26)33(40)23-39(27-13-10-14-28(21-27)44-3)45(42,43)29-15-8-5-9-16-29/h4-19,21,24,32H,20,22-23H2,1-3H3,(H,37,41)/t32-/m1/s1. The van der Waals surface area contributed by atoms with Crippen molar-refractivity contribution in [1.82, 2.24) is 10.2 Å². The van der Waals surface area contributed by atoms with Crippen LogP contribution in [0.2, 0.25) is 10.0 Å². The van der Waals surface area contributed by atoms with Gasteiger partial charge in [-0.15, -0.1) is 0 Å². The number of carbonyl (C=O) groups is 2. The highest BCUT2D eigenvalue weighted by Crippen LogP contribution is 2.29. The van der Waals surface area contributed by atoms with E-state index in [1.807, 2.05) is 44.2 Å². The Hall–Kier alpha value is -4.05. The molecule has 0 aliphatic carbocycles. The molecule has 0 radical (unpaired) electrons. The van der Waals surface area contributed by atoms with E-state index in [9.17, 15) is 18.0 Å². The van der Waals surface area contributed by atoms with E-state index in [1.165, 1.54) is 24.1 Å². The Bertz CT molecular complexity index is 1720. The molecular formula is C34H35Cl2N3O5S. The summed E-state index contributed by atoms with van der Waals surface area (Å²) in [5.41, 5.74) is 1.68. The first-order chi connectivity index (χ1) is 21.5. The minimum atomic E-state index is -4.23. The van der Waals surface area contributed by atoms with E-state index in [1.54, 1.807) is 60.7 Å². The van der Waals surface area contributed by atoms with E-state index in [0.29, 0.717) is 16.3 Å². The number of sulfonamides is 1. The van der Waals surface area contributed by atoms with Crippen molar-refractivity contribution in [3.05, 3.63) is 124 Å². The van der Waals surface area contributed by atoms with E-state index >= 15 is 0 Å². The number of hydrogen-bond acceptors (Lipinski definition) is 5. The fourth-order valence-corrected chi connectivity index (χ4v) is 6.53. The van der Waals surface area contributed by atoms with Gasteiger partial charge in [0.15, 0.2) is 0 Å². The molecule has 0 aliphatic rings. The zero-order valence-electron chi connectivity index (χ0n) is 25.2. The van der Waals surface area contributed by atoms with Crippen LogP contribution in [-0.2, 0) is 32.6 Å². The summed E-state index contributed by atoms with van der Waals surface area (Å²) in [6, 6.07) is 27.4. The van der Waals surface area contributed by atoms with Crippen molar-refractivity contribution in [1.29, 1.82) is 0 Å². The summed E-state index contributed by atoms with van der Waals surface area (Å²) in [6.45, 7) is 3.04. The third-order valence-corrected chi connectivity index (χ3v) is 9.52. The van der Waals surface area contributed by atoms with Crippen LogP contribution in [0.3, 0.4) is 0 Å². The highest BCUT2D eigenvalue weighted by molar-refractivity contribution is 7.92. The first kappa shape index (κ1) is 33.8. The van der Waals surface area contributed by atoms with Crippen molar-refractivity contribution in [3.63, 3.8) is 0 Å². The lowest BCUT2D eigenvalue weighted by Gasteiger charge is -2.34. The number of halogens is 2. The second-order valence-corrected chi connectivity index (χ2v) is 13.3. The van der Waals surface area contributed by atoms with Crippen molar-refractivity contribution >= 4 is 50.7 Å². The van der Waals surface area contributed by atoms with Crippen LogP contribution in [0.4, 0.5) is 5.69 Å². The van der Waals surface area contributed by atoms with E-state index in [4.69, 9.17) is 27.9 Å².